The first-order chi connectivity index (χ1) is 8.20. The highest BCUT2D eigenvalue weighted by Gasteiger charge is 2.29. The van der Waals surface area contributed by atoms with Crippen molar-refractivity contribution in [3.8, 4) is 0 Å². The van der Waals surface area contributed by atoms with E-state index in [2.05, 4.69) is 12.2 Å². The highest BCUT2D eigenvalue weighted by Crippen LogP contribution is 2.21. The third-order valence-electron chi connectivity index (χ3n) is 4.16. The Hall–Kier alpha value is -0.770. The molecule has 4 nitrogen and oxygen atoms in total. The van der Waals surface area contributed by atoms with Crippen molar-refractivity contribution in [2.75, 3.05) is 20.2 Å². The van der Waals surface area contributed by atoms with E-state index in [4.69, 9.17) is 4.74 Å². The number of methoxy groups -OCH3 is 1. The quantitative estimate of drug-likeness (QED) is 0.802. The first-order valence-electron chi connectivity index (χ1n) is 6.79. The van der Waals surface area contributed by atoms with Gasteiger partial charge in [-0.3, -0.25) is 0 Å². The second kappa shape index (κ2) is 5.71. The molecule has 0 aromatic heterocycles. The average molecular weight is 240 g/mol. The number of amides is 2. The fourth-order valence-electron chi connectivity index (χ4n) is 2.86. The highest BCUT2D eigenvalue weighted by atomic mass is 16.5. The van der Waals surface area contributed by atoms with Crippen molar-refractivity contribution in [1.29, 1.82) is 0 Å². The van der Waals surface area contributed by atoms with Crippen LogP contribution in [0.5, 0.6) is 0 Å². The molecule has 2 fully saturated rings. The Morgan fingerprint density at radius 1 is 1.29 bits per heavy atom. The molecule has 1 N–H and O–H groups in total. The van der Waals surface area contributed by atoms with Gasteiger partial charge < -0.3 is 15.0 Å². The molecule has 0 aromatic rings. The van der Waals surface area contributed by atoms with E-state index in [1.54, 1.807) is 7.11 Å². The van der Waals surface area contributed by atoms with Gasteiger partial charge in [0.2, 0.25) is 0 Å². The van der Waals surface area contributed by atoms with Crippen LogP contribution in [0, 0.1) is 5.92 Å². The largest absolute Gasteiger partial charge is 0.379 e. The van der Waals surface area contributed by atoms with Crippen LogP contribution in [0.25, 0.3) is 0 Å². The van der Waals surface area contributed by atoms with Gasteiger partial charge in [0.1, 0.15) is 0 Å². The molecule has 1 aliphatic carbocycles. The van der Waals surface area contributed by atoms with Crippen LogP contribution in [0.1, 0.15) is 39.0 Å². The topological polar surface area (TPSA) is 41.6 Å². The number of rotatable bonds is 2. The van der Waals surface area contributed by atoms with Gasteiger partial charge in [-0.05, 0) is 25.2 Å². The molecule has 2 rings (SSSR count). The van der Waals surface area contributed by atoms with Crippen molar-refractivity contribution in [2.24, 2.45) is 5.92 Å². The maximum atomic E-state index is 12.1. The van der Waals surface area contributed by atoms with Crippen LogP contribution in [0.3, 0.4) is 0 Å². The SMILES string of the molecule is COC1CN(C(=O)NC2CCCC2)CCC1C. The first kappa shape index (κ1) is 12.7. The molecule has 2 atom stereocenters. The smallest absolute Gasteiger partial charge is 0.317 e. The molecule has 2 unspecified atom stereocenters. The number of piperidine rings is 1. The molecule has 0 spiro atoms. The molecule has 0 aromatic carbocycles. The maximum Gasteiger partial charge on any atom is 0.317 e. The van der Waals surface area contributed by atoms with Gasteiger partial charge in [0.25, 0.3) is 0 Å². The predicted molar refractivity (Wildman–Crippen MR) is 66.9 cm³/mol. The van der Waals surface area contributed by atoms with Crippen molar-refractivity contribution in [3.05, 3.63) is 0 Å². The molecule has 2 aliphatic rings. The third-order valence-corrected chi connectivity index (χ3v) is 4.16. The van der Waals surface area contributed by atoms with Crippen molar-refractivity contribution in [2.45, 2.75) is 51.2 Å². The number of hydrogen-bond acceptors (Lipinski definition) is 2. The number of ether oxygens (including phenoxy) is 1. The Morgan fingerprint density at radius 2 is 2.00 bits per heavy atom. The van der Waals surface area contributed by atoms with Gasteiger partial charge in [-0.2, -0.15) is 0 Å². The summed E-state index contributed by atoms with van der Waals surface area (Å²) in [6, 6.07) is 0.508. The molecule has 0 radical (unpaired) electrons. The summed E-state index contributed by atoms with van der Waals surface area (Å²) in [5, 5.41) is 3.14. The number of nitrogens with one attached hydrogen (secondary N) is 1. The Labute approximate surface area is 104 Å². The lowest BCUT2D eigenvalue weighted by Gasteiger charge is -2.36. The van der Waals surface area contributed by atoms with E-state index in [1.165, 1.54) is 12.8 Å². The fraction of sp³-hybridized carbons (Fsp3) is 0.923. The minimum Gasteiger partial charge on any atom is -0.379 e. The molecule has 0 bridgehead atoms. The van der Waals surface area contributed by atoms with E-state index in [9.17, 15) is 4.79 Å². The van der Waals surface area contributed by atoms with Gasteiger partial charge in [0.05, 0.1) is 6.10 Å². The summed E-state index contributed by atoms with van der Waals surface area (Å²) in [4.78, 5) is 14.0. The molecule has 17 heavy (non-hydrogen) atoms. The number of hydrogen-bond donors (Lipinski definition) is 1. The summed E-state index contributed by atoms with van der Waals surface area (Å²) < 4.78 is 5.43. The summed E-state index contributed by atoms with van der Waals surface area (Å²) >= 11 is 0. The molecule has 4 heteroatoms. The van der Waals surface area contributed by atoms with E-state index in [-0.39, 0.29) is 12.1 Å². The minimum absolute atomic E-state index is 0.103. The van der Waals surface area contributed by atoms with Crippen LogP contribution < -0.4 is 5.32 Å². The van der Waals surface area contributed by atoms with E-state index in [0.29, 0.717) is 12.0 Å². The van der Waals surface area contributed by atoms with Crippen LogP contribution in [-0.2, 0) is 4.74 Å². The van der Waals surface area contributed by atoms with E-state index in [0.717, 1.165) is 32.4 Å². The second-order valence-electron chi connectivity index (χ2n) is 5.42. The lowest BCUT2D eigenvalue weighted by molar-refractivity contribution is 0.00686. The molecule has 2 amide bonds. The molecular weight excluding hydrogens is 216 g/mol. The zero-order valence-electron chi connectivity index (χ0n) is 10.9. The van der Waals surface area contributed by atoms with Crippen LogP contribution in [-0.4, -0.2) is 43.3 Å². The van der Waals surface area contributed by atoms with Crippen LogP contribution in [0.2, 0.25) is 0 Å². The number of carbonyl (C=O) groups is 1. The van der Waals surface area contributed by atoms with Gasteiger partial charge >= 0.3 is 6.03 Å². The predicted octanol–water partition coefficient (Wildman–Crippen LogP) is 2.00. The zero-order valence-corrected chi connectivity index (χ0v) is 10.9. The van der Waals surface area contributed by atoms with Gasteiger partial charge in [-0.15, -0.1) is 0 Å². The summed E-state index contributed by atoms with van der Waals surface area (Å²) in [5.41, 5.74) is 0. The average Bonchev–Trinajstić information content (AvgIpc) is 2.82. The van der Waals surface area contributed by atoms with Crippen LogP contribution >= 0.6 is 0 Å². The lowest BCUT2D eigenvalue weighted by atomic mass is 9.96. The number of likely N-dealkylation sites (tertiary alicyclic amines) is 1. The monoisotopic (exact) mass is 240 g/mol. The Morgan fingerprint density at radius 3 is 2.65 bits per heavy atom. The summed E-state index contributed by atoms with van der Waals surface area (Å²) in [7, 11) is 1.74. The van der Waals surface area contributed by atoms with Crippen molar-refractivity contribution < 1.29 is 9.53 Å². The third kappa shape index (κ3) is 3.12. The van der Waals surface area contributed by atoms with E-state index in [1.807, 2.05) is 4.90 Å². The normalized spacial score (nSPS) is 30.6. The second-order valence-corrected chi connectivity index (χ2v) is 5.42. The van der Waals surface area contributed by atoms with E-state index < -0.39 is 0 Å². The van der Waals surface area contributed by atoms with Gasteiger partial charge in [0, 0.05) is 26.2 Å². The van der Waals surface area contributed by atoms with Gasteiger partial charge in [-0.25, -0.2) is 4.79 Å². The van der Waals surface area contributed by atoms with Gasteiger partial charge in [0.15, 0.2) is 0 Å². The molecule has 1 aliphatic heterocycles. The highest BCUT2D eigenvalue weighted by molar-refractivity contribution is 5.74. The summed E-state index contributed by atoms with van der Waals surface area (Å²) in [6.07, 6.45) is 6.02. The first-order valence-corrected chi connectivity index (χ1v) is 6.79. The standard InChI is InChI=1S/C13H24N2O2/c1-10-7-8-15(9-12(10)17-2)13(16)14-11-5-3-4-6-11/h10-12H,3-9H2,1-2H3,(H,14,16). The number of nitrogens with zero attached hydrogens (tertiary/aromatic N) is 1. The van der Waals surface area contributed by atoms with Crippen LogP contribution in [0.15, 0.2) is 0 Å². The van der Waals surface area contributed by atoms with Crippen molar-refractivity contribution in [3.63, 3.8) is 0 Å². The van der Waals surface area contributed by atoms with Gasteiger partial charge in [-0.1, -0.05) is 19.8 Å². The number of carbonyl (C=O) groups excluding carboxylic acids is 1. The molecular formula is C13H24N2O2. The molecule has 1 heterocycles. The maximum absolute atomic E-state index is 12.1. The van der Waals surface area contributed by atoms with Crippen LogP contribution in [0.4, 0.5) is 4.79 Å². The number of urea groups is 1. The Kier molecular flexibility index (Phi) is 4.26. The van der Waals surface area contributed by atoms with E-state index >= 15 is 0 Å². The summed E-state index contributed by atoms with van der Waals surface area (Å²) in [6.45, 7) is 3.79. The summed E-state index contributed by atoms with van der Waals surface area (Å²) in [5.74, 6) is 0.551. The molecule has 1 saturated heterocycles. The Bertz CT molecular complexity index is 264. The fourth-order valence-corrected chi connectivity index (χ4v) is 2.86. The minimum atomic E-state index is 0.103. The van der Waals surface area contributed by atoms with Crippen molar-refractivity contribution in [1.82, 2.24) is 10.2 Å². The lowest BCUT2D eigenvalue weighted by Crippen LogP contribution is -2.51. The molecule has 1 saturated carbocycles. The zero-order chi connectivity index (χ0) is 12.3. The molecule has 98 valence electrons. The van der Waals surface area contributed by atoms with Crippen molar-refractivity contribution >= 4 is 6.03 Å². The Balaban J connectivity index is 1.82.